The van der Waals surface area contributed by atoms with E-state index in [1.807, 2.05) is 39.8 Å². The molecule has 1 heterocycles. The number of rotatable bonds is 8. The van der Waals surface area contributed by atoms with Gasteiger partial charge in [-0.1, -0.05) is 0 Å². The highest BCUT2D eigenvalue weighted by atomic mass is 32.2. The number of unbranched alkanes of at least 4 members (excludes halogenated alkanes) is 1. The standard InChI is InChI=1S/C18H32N2O4S/c1-13-12-23-15-9-8-14(11-16(15)24-13)20-17(21)7-5-6-10-19-25(22)18(2,3)4/h8-9,13,16-17,19-21H,5-7,10-12H2,1-4H3. The molecule has 1 aliphatic carbocycles. The second-order valence-corrected chi connectivity index (χ2v) is 9.69. The van der Waals surface area contributed by atoms with E-state index in [0.717, 1.165) is 24.3 Å². The first-order valence-electron chi connectivity index (χ1n) is 9.04. The van der Waals surface area contributed by atoms with Gasteiger partial charge in [0, 0.05) is 18.7 Å². The van der Waals surface area contributed by atoms with Gasteiger partial charge in [-0.2, -0.15) is 0 Å². The number of hydrogen-bond donors (Lipinski definition) is 3. The van der Waals surface area contributed by atoms with Gasteiger partial charge in [-0.3, -0.25) is 0 Å². The fourth-order valence-electron chi connectivity index (χ4n) is 2.69. The van der Waals surface area contributed by atoms with Gasteiger partial charge >= 0.3 is 0 Å². The molecule has 6 nitrogen and oxygen atoms in total. The molecule has 0 aromatic rings. The Labute approximate surface area is 153 Å². The van der Waals surface area contributed by atoms with Crippen LogP contribution in [-0.2, 0) is 20.5 Å². The Bertz CT molecular complexity index is 528. The Morgan fingerprint density at radius 3 is 2.84 bits per heavy atom. The molecule has 0 bridgehead atoms. The summed E-state index contributed by atoms with van der Waals surface area (Å²) in [5, 5.41) is 13.3. The molecule has 3 N–H and O–H groups in total. The van der Waals surface area contributed by atoms with Crippen molar-refractivity contribution in [3.8, 4) is 0 Å². The summed E-state index contributed by atoms with van der Waals surface area (Å²) in [4.78, 5) is 0. The first kappa shape index (κ1) is 20.4. The zero-order chi connectivity index (χ0) is 18.4. The van der Waals surface area contributed by atoms with Crippen LogP contribution in [0.2, 0.25) is 0 Å². The average molecular weight is 373 g/mol. The van der Waals surface area contributed by atoms with Crippen molar-refractivity contribution in [3.63, 3.8) is 0 Å². The summed E-state index contributed by atoms with van der Waals surface area (Å²) in [5.74, 6) is 0.871. The molecule has 25 heavy (non-hydrogen) atoms. The van der Waals surface area contributed by atoms with E-state index in [1.54, 1.807) is 0 Å². The van der Waals surface area contributed by atoms with Gasteiger partial charge in [-0.25, -0.2) is 8.93 Å². The molecular weight excluding hydrogens is 340 g/mol. The largest absolute Gasteiger partial charge is 0.492 e. The van der Waals surface area contributed by atoms with E-state index in [0.29, 0.717) is 26.0 Å². The molecule has 0 saturated carbocycles. The fourth-order valence-corrected chi connectivity index (χ4v) is 3.45. The van der Waals surface area contributed by atoms with Gasteiger partial charge in [-0.05, 0) is 59.1 Å². The molecule has 1 saturated heterocycles. The number of allylic oxidation sites excluding steroid dienone is 2. The van der Waals surface area contributed by atoms with Gasteiger partial charge in [0.05, 0.1) is 21.8 Å². The molecule has 1 aliphatic heterocycles. The Kier molecular flexibility index (Phi) is 7.49. The van der Waals surface area contributed by atoms with Crippen LogP contribution in [0.15, 0.2) is 23.6 Å². The minimum absolute atomic E-state index is 0.0555. The van der Waals surface area contributed by atoms with Crippen LogP contribution in [0, 0.1) is 0 Å². The number of fused-ring (bicyclic) bond motifs is 1. The van der Waals surface area contributed by atoms with E-state index in [2.05, 4.69) is 10.0 Å². The molecule has 0 amide bonds. The topological polar surface area (TPSA) is 79.8 Å². The molecule has 4 unspecified atom stereocenters. The molecule has 144 valence electrons. The third-order valence-corrected chi connectivity index (χ3v) is 5.68. The average Bonchev–Trinajstić information content (AvgIpc) is 2.53. The lowest BCUT2D eigenvalue weighted by molar-refractivity contribution is -0.0913. The van der Waals surface area contributed by atoms with E-state index in [1.165, 1.54) is 0 Å². The van der Waals surface area contributed by atoms with E-state index < -0.39 is 17.2 Å². The lowest BCUT2D eigenvalue weighted by Gasteiger charge is -2.33. The van der Waals surface area contributed by atoms with Gasteiger partial charge < -0.3 is 19.9 Å². The van der Waals surface area contributed by atoms with Crippen LogP contribution in [0.25, 0.3) is 0 Å². The second-order valence-electron chi connectivity index (χ2n) is 7.64. The number of ether oxygens (including phenoxy) is 2. The van der Waals surface area contributed by atoms with Crippen molar-refractivity contribution in [1.29, 1.82) is 0 Å². The molecule has 2 rings (SSSR count). The Morgan fingerprint density at radius 2 is 2.12 bits per heavy atom. The molecule has 0 aromatic heterocycles. The molecule has 2 aliphatic rings. The smallest absolute Gasteiger partial charge is 0.125 e. The maximum Gasteiger partial charge on any atom is 0.125 e. The quantitative estimate of drug-likeness (QED) is 0.449. The third-order valence-electron chi connectivity index (χ3n) is 4.10. The van der Waals surface area contributed by atoms with E-state index >= 15 is 0 Å². The third kappa shape index (κ3) is 6.73. The molecule has 1 fully saturated rings. The first-order chi connectivity index (χ1) is 11.8. The Morgan fingerprint density at radius 1 is 1.36 bits per heavy atom. The van der Waals surface area contributed by atoms with Crippen molar-refractivity contribution in [1.82, 2.24) is 10.0 Å². The van der Waals surface area contributed by atoms with Crippen molar-refractivity contribution >= 4 is 11.0 Å². The lowest BCUT2D eigenvalue weighted by Crippen LogP contribution is -2.37. The van der Waals surface area contributed by atoms with Gasteiger partial charge in [0.2, 0.25) is 0 Å². The van der Waals surface area contributed by atoms with Crippen LogP contribution < -0.4 is 10.0 Å². The number of hydrogen-bond acceptors (Lipinski definition) is 5. The van der Waals surface area contributed by atoms with Gasteiger partial charge in [0.1, 0.15) is 24.7 Å². The van der Waals surface area contributed by atoms with Crippen molar-refractivity contribution in [2.45, 2.75) is 76.6 Å². The molecule has 0 radical (unpaired) electrons. The zero-order valence-corrected chi connectivity index (χ0v) is 16.5. The minimum atomic E-state index is -1.03. The highest BCUT2D eigenvalue weighted by molar-refractivity contribution is 7.84. The molecule has 0 spiro atoms. The van der Waals surface area contributed by atoms with Crippen LogP contribution in [-0.4, -0.2) is 45.6 Å². The molecular formula is C18H32N2O4S. The van der Waals surface area contributed by atoms with Gasteiger partial charge in [0.25, 0.3) is 0 Å². The van der Waals surface area contributed by atoms with Crippen LogP contribution in [0.4, 0.5) is 0 Å². The van der Waals surface area contributed by atoms with E-state index in [-0.39, 0.29) is 17.0 Å². The van der Waals surface area contributed by atoms with Crippen LogP contribution in [0.5, 0.6) is 0 Å². The summed E-state index contributed by atoms with van der Waals surface area (Å²) in [6.07, 6.45) is 6.39. The molecule has 0 aromatic carbocycles. The monoisotopic (exact) mass is 372 g/mol. The molecule has 7 heteroatoms. The molecule has 4 atom stereocenters. The van der Waals surface area contributed by atoms with Crippen LogP contribution in [0.3, 0.4) is 0 Å². The van der Waals surface area contributed by atoms with Gasteiger partial charge in [0.15, 0.2) is 0 Å². The summed E-state index contributed by atoms with van der Waals surface area (Å²) in [7, 11) is -1.03. The summed E-state index contributed by atoms with van der Waals surface area (Å²) < 4.78 is 26.2. The summed E-state index contributed by atoms with van der Waals surface area (Å²) in [5.41, 5.74) is 0.964. The normalized spacial score (nSPS) is 26.0. The van der Waals surface area contributed by atoms with Crippen molar-refractivity contribution in [2.24, 2.45) is 0 Å². The van der Waals surface area contributed by atoms with E-state index in [9.17, 15) is 9.32 Å². The summed E-state index contributed by atoms with van der Waals surface area (Å²) in [6.45, 7) is 9.12. The first-order valence-corrected chi connectivity index (χ1v) is 10.2. The number of aliphatic hydroxyl groups excluding tert-OH is 1. The Balaban J connectivity index is 1.64. The minimum Gasteiger partial charge on any atom is -0.492 e. The Hall–Kier alpha value is -0.890. The second kappa shape index (κ2) is 9.16. The van der Waals surface area contributed by atoms with Crippen LogP contribution in [0.1, 0.15) is 53.4 Å². The predicted octanol–water partition coefficient (Wildman–Crippen LogP) is 2.09. The summed E-state index contributed by atoms with van der Waals surface area (Å²) >= 11 is 0. The van der Waals surface area contributed by atoms with Crippen molar-refractivity contribution < 1.29 is 18.8 Å². The van der Waals surface area contributed by atoms with E-state index in [4.69, 9.17) is 9.47 Å². The van der Waals surface area contributed by atoms with Crippen LogP contribution >= 0.6 is 0 Å². The SMILES string of the molecule is CC1COC2=CC=C(NC(O)CCCCNS(=O)C(C)(C)C)CC2O1. The highest BCUT2D eigenvalue weighted by Crippen LogP contribution is 2.27. The van der Waals surface area contributed by atoms with Gasteiger partial charge in [-0.15, -0.1) is 0 Å². The highest BCUT2D eigenvalue weighted by Gasteiger charge is 2.28. The maximum absolute atomic E-state index is 11.9. The number of nitrogens with one attached hydrogen (secondary N) is 2. The zero-order valence-electron chi connectivity index (χ0n) is 15.7. The van der Waals surface area contributed by atoms with Crippen molar-refractivity contribution in [3.05, 3.63) is 23.6 Å². The number of aliphatic hydroxyl groups is 1. The maximum atomic E-state index is 11.9. The van der Waals surface area contributed by atoms with Crippen molar-refractivity contribution in [2.75, 3.05) is 13.2 Å². The lowest BCUT2D eigenvalue weighted by atomic mass is 10.0. The predicted molar refractivity (Wildman–Crippen MR) is 100.0 cm³/mol. The fraction of sp³-hybridized carbons (Fsp3) is 0.778. The summed E-state index contributed by atoms with van der Waals surface area (Å²) in [6, 6.07) is 0.